The van der Waals surface area contributed by atoms with Crippen LogP contribution in [0.4, 0.5) is 17.1 Å². The number of hydrogen-bond acceptors (Lipinski definition) is 6. The second-order valence-electron chi connectivity index (χ2n) is 6.04. The van der Waals surface area contributed by atoms with Crippen molar-refractivity contribution in [2.45, 2.75) is 6.92 Å². The van der Waals surface area contributed by atoms with Crippen molar-refractivity contribution in [1.82, 2.24) is 4.98 Å². The fourth-order valence-electron chi connectivity index (χ4n) is 2.64. The summed E-state index contributed by atoms with van der Waals surface area (Å²) in [4.78, 5) is 28.3. The molecule has 29 heavy (non-hydrogen) atoms. The fraction of sp³-hybridized carbons (Fsp3) is 0.136. The molecule has 0 spiro atoms. The Morgan fingerprint density at radius 1 is 0.966 bits per heavy atom. The second kappa shape index (κ2) is 9.36. The van der Waals surface area contributed by atoms with Gasteiger partial charge in [-0.2, -0.15) is 0 Å². The molecule has 148 valence electrons. The summed E-state index contributed by atoms with van der Waals surface area (Å²) >= 11 is 0. The molecule has 0 aliphatic heterocycles. The first-order valence-corrected chi connectivity index (χ1v) is 9.04. The maximum absolute atomic E-state index is 12.5. The number of rotatable bonds is 7. The van der Waals surface area contributed by atoms with Gasteiger partial charge in [0.25, 0.3) is 5.91 Å². The zero-order chi connectivity index (χ0) is 20.6. The zero-order valence-electron chi connectivity index (χ0n) is 16.1. The molecule has 0 atom stereocenters. The van der Waals surface area contributed by atoms with E-state index in [-0.39, 0.29) is 11.6 Å². The van der Waals surface area contributed by atoms with Crippen LogP contribution in [0, 0.1) is 0 Å². The zero-order valence-corrected chi connectivity index (χ0v) is 16.1. The molecule has 1 amide bonds. The van der Waals surface area contributed by atoms with Crippen molar-refractivity contribution in [2.24, 2.45) is 0 Å². The van der Waals surface area contributed by atoms with E-state index in [1.165, 1.54) is 7.11 Å². The Morgan fingerprint density at radius 3 is 2.45 bits per heavy atom. The highest BCUT2D eigenvalue weighted by Crippen LogP contribution is 2.20. The van der Waals surface area contributed by atoms with E-state index in [2.05, 4.69) is 15.6 Å². The maximum Gasteiger partial charge on any atom is 0.337 e. The lowest BCUT2D eigenvalue weighted by Crippen LogP contribution is -2.13. The highest BCUT2D eigenvalue weighted by atomic mass is 16.5. The molecule has 0 fully saturated rings. The summed E-state index contributed by atoms with van der Waals surface area (Å²) in [7, 11) is 1.33. The number of methoxy groups -OCH3 is 1. The van der Waals surface area contributed by atoms with Gasteiger partial charge in [-0.3, -0.25) is 9.78 Å². The Kier molecular flexibility index (Phi) is 6.42. The van der Waals surface area contributed by atoms with Crippen LogP contribution in [0.1, 0.15) is 27.8 Å². The van der Waals surface area contributed by atoms with Crippen LogP contribution in [0.5, 0.6) is 5.75 Å². The van der Waals surface area contributed by atoms with Crippen LogP contribution in [0.2, 0.25) is 0 Å². The van der Waals surface area contributed by atoms with Gasteiger partial charge in [0.1, 0.15) is 11.4 Å². The molecule has 0 bridgehead atoms. The molecule has 0 aliphatic carbocycles. The van der Waals surface area contributed by atoms with Crippen molar-refractivity contribution in [3.8, 4) is 5.75 Å². The Morgan fingerprint density at radius 2 is 1.72 bits per heavy atom. The average Bonchev–Trinajstić information content (AvgIpc) is 2.75. The molecular weight excluding hydrogens is 370 g/mol. The largest absolute Gasteiger partial charge is 0.494 e. The number of esters is 1. The van der Waals surface area contributed by atoms with Crippen LogP contribution in [-0.2, 0) is 4.74 Å². The molecule has 1 aromatic heterocycles. The number of anilines is 3. The van der Waals surface area contributed by atoms with Gasteiger partial charge in [0.15, 0.2) is 0 Å². The van der Waals surface area contributed by atoms with Crippen LogP contribution in [-0.4, -0.2) is 30.6 Å². The number of ether oxygens (including phenoxy) is 2. The normalized spacial score (nSPS) is 10.1. The lowest BCUT2D eigenvalue weighted by Gasteiger charge is -2.10. The van der Waals surface area contributed by atoms with Crippen LogP contribution in [0.15, 0.2) is 66.9 Å². The quantitative estimate of drug-likeness (QED) is 0.585. The predicted molar refractivity (Wildman–Crippen MR) is 111 cm³/mol. The number of nitrogens with zero attached hydrogens (tertiary/aromatic N) is 1. The number of aromatic nitrogens is 1. The van der Waals surface area contributed by atoms with E-state index in [1.54, 1.807) is 60.8 Å². The summed E-state index contributed by atoms with van der Waals surface area (Å²) in [6.45, 7) is 2.49. The molecule has 0 unspecified atom stereocenters. The smallest absolute Gasteiger partial charge is 0.337 e. The second-order valence-corrected chi connectivity index (χ2v) is 6.04. The van der Waals surface area contributed by atoms with Crippen molar-refractivity contribution in [1.29, 1.82) is 0 Å². The molecule has 1 heterocycles. The predicted octanol–water partition coefficient (Wildman–Crippen LogP) is 4.26. The summed E-state index contributed by atoms with van der Waals surface area (Å²) < 4.78 is 10.1. The van der Waals surface area contributed by atoms with Crippen LogP contribution in [0.25, 0.3) is 0 Å². The van der Waals surface area contributed by atoms with Crippen molar-refractivity contribution >= 4 is 28.9 Å². The SMILES string of the molecule is CCOc1ccc(NC(=O)c2cc(Nc3cccc(C(=O)OC)c3)ccn2)cc1. The van der Waals surface area contributed by atoms with E-state index < -0.39 is 5.97 Å². The Labute approximate surface area is 168 Å². The van der Waals surface area contributed by atoms with Crippen molar-refractivity contribution in [2.75, 3.05) is 24.4 Å². The third-order valence-corrected chi connectivity index (χ3v) is 3.99. The molecule has 7 nitrogen and oxygen atoms in total. The summed E-state index contributed by atoms with van der Waals surface area (Å²) in [5, 5.41) is 5.96. The van der Waals surface area contributed by atoms with E-state index in [0.29, 0.717) is 29.2 Å². The third-order valence-electron chi connectivity index (χ3n) is 3.99. The van der Waals surface area contributed by atoms with Crippen molar-refractivity contribution < 1.29 is 19.1 Å². The Bertz CT molecular complexity index is 1000. The minimum atomic E-state index is -0.418. The van der Waals surface area contributed by atoms with Crippen molar-refractivity contribution in [3.05, 3.63) is 78.1 Å². The third kappa shape index (κ3) is 5.32. The molecule has 0 saturated heterocycles. The number of nitrogens with one attached hydrogen (secondary N) is 2. The van der Waals surface area contributed by atoms with E-state index in [4.69, 9.17) is 9.47 Å². The first-order valence-electron chi connectivity index (χ1n) is 9.04. The van der Waals surface area contributed by atoms with E-state index in [1.807, 2.05) is 13.0 Å². The minimum absolute atomic E-state index is 0.257. The molecule has 0 saturated carbocycles. The number of carbonyl (C=O) groups excluding carboxylic acids is 2. The minimum Gasteiger partial charge on any atom is -0.494 e. The monoisotopic (exact) mass is 391 g/mol. The maximum atomic E-state index is 12.5. The number of pyridine rings is 1. The van der Waals surface area contributed by atoms with Gasteiger partial charge in [0, 0.05) is 23.3 Å². The van der Waals surface area contributed by atoms with Crippen LogP contribution in [0.3, 0.4) is 0 Å². The highest BCUT2D eigenvalue weighted by molar-refractivity contribution is 6.03. The lowest BCUT2D eigenvalue weighted by molar-refractivity contribution is 0.0600. The molecule has 3 aromatic rings. The first kappa shape index (κ1) is 19.9. The summed E-state index contributed by atoms with van der Waals surface area (Å²) in [5.74, 6) is -0.0103. The standard InChI is InChI=1S/C22H21N3O4/c1-3-29-19-9-7-16(8-10-19)25-21(26)20-14-18(11-12-23-20)24-17-6-4-5-15(13-17)22(27)28-2/h4-14H,3H2,1-2H3,(H,23,24)(H,25,26). The topological polar surface area (TPSA) is 89.6 Å². The van der Waals surface area contributed by atoms with E-state index in [0.717, 1.165) is 5.75 Å². The molecule has 3 rings (SSSR count). The van der Waals surface area contributed by atoms with Gasteiger partial charge in [-0.25, -0.2) is 4.79 Å². The van der Waals surface area contributed by atoms with E-state index >= 15 is 0 Å². The summed E-state index contributed by atoms with van der Waals surface area (Å²) in [5.41, 5.74) is 2.69. The molecular formula is C22H21N3O4. The van der Waals surface area contributed by atoms with Crippen LogP contribution < -0.4 is 15.4 Å². The number of benzene rings is 2. The van der Waals surface area contributed by atoms with Gasteiger partial charge in [0.2, 0.25) is 0 Å². The van der Waals surface area contributed by atoms with Crippen LogP contribution >= 0.6 is 0 Å². The Balaban J connectivity index is 1.70. The fourth-order valence-corrected chi connectivity index (χ4v) is 2.64. The average molecular weight is 391 g/mol. The molecule has 2 N–H and O–H groups in total. The molecule has 0 aliphatic rings. The number of carbonyl (C=O) groups is 2. The molecule has 2 aromatic carbocycles. The molecule has 7 heteroatoms. The van der Waals surface area contributed by atoms with Gasteiger partial charge in [-0.1, -0.05) is 6.07 Å². The number of amides is 1. The van der Waals surface area contributed by atoms with Crippen molar-refractivity contribution in [3.63, 3.8) is 0 Å². The first-order chi connectivity index (χ1) is 14.1. The summed E-state index contributed by atoms with van der Waals surface area (Å²) in [6, 6.07) is 17.4. The highest BCUT2D eigenvalue weighted by Gasteiger charge is 2.10. The number of hydrogen-bond donors (Lipinski definition) is 2. The Hall–Kier alpha value is -3.87. The van der Waals surface area contributed by atoms with Gasteiger partial charge in [-0.15, -0.1) is 0 Å². The lowest BCUT2D eigenvalue weighted by atomic mass is 10.2. The van der Waals surface area contributed by atoms with Gasteiger partial charge >= 0.3 is 5.97 Å². The summed E-state index contributed by atoms with van der Waals surface area (Å²) in [6.07, 6.45) is 1.54. The van der Waals surface area contributed by atoms with Gasteiger partial charge < -0.3 is 20.1 Å². The van der Waals surface area contributed by atoms with Gasteiger partial charge in [0.05, 0.1) is 19.3 Å². The van der Waals surface area contributed by atoms with Gasteiger partial charge in [-0.05, 0) is 61.5 Å². The molecule has 0 radical (unpaired) electrons. The van der Waals surface area contributed by atoms with E-state index in [9.17, 15) is 9.59 Å².